The van der Waals surface area contributed by atoms with Crippen molar-refractivity contribution >= 4 is 17.3 Å². The first-order valence-electron chi connectivity index (χ1n) is 6.81. The summed E-state index contributed by atoms with van der Waals surface area (Å²) in [7, 11) is 0. The molecule has 1 aliphatic heterocycles. The Morgan fingerprint density at radius 2 is 2.00 bits per heavy atom. The maximum absolute atomic E-state index is 5.37. The molecule has 0 atom stereocenters. The first kappa shape index (κ1) is 14.0. The zero-order valence-electron chi connectivity index (χ0n) is 11.3. The zero-order valence-corrected chi connectivity index (χ0v) is 12.1. The van der Waals surface area contributed by atoms with Crippen LogP contribution in [0.5, 0.6) is 0 Å². The Labute approximate surface area is 120 Å². The minimum absolute atomic E-state index is 0.746. The summed E-state index contributed by atoms with van der Waals surface area (Å²) in [6.45, 7) is 9.90. The van der Waals surface area contributed by atoms with E-state index in [0.29, 0.717) is 0 Å². The number of thiocarbonyl (C=S) groups is 1. The van der Waals surface area contributed by atoms with Crippen LogP contribution in [-0.4, -0.2) is 42.7 Å². The minimum Gasteiger partial charge on any atom is -0.359 e. The molecule has 0 aromatic heterocycles. The van der Waals surface area contributed by atoms with Crippen LogP contribution in [0.3, 0.4) is 0 Å². The van der Waals surface area contributed by atoms with Gasteiger partial charge >= 0.3 is 0 Å². The second kappa shape index (κ2) is 7.26. The van der Waals surface area contributed by atoms with E-state index >= 15 is 0 Å². The monoisotopic (exact) mass is 276 g/mol. The Balaban J connectivity index is 1.76. The average Bonchev–Trinajstić information content (AvgIpc) is 2.46. The molecule has 0 saturated carbocycles. The number of benzene rings is 1. The van der Waals surface area contributed by atoms with Crippen molar-refractivity contribution in [2.45, 2.75) is 6.54 Å². The minimum atomic E-state index is 0.746. The molecule has 1 aliphatic rings. The van der Waals surface area contributed by atoms with Gasteiger partial charge in [0.05, 0.1) is 26.2 Å². The lowest BCUT2D eigenvalue weighted by molar-refractivity contribution is -0.917. The van der Waals surface area contributed by atoms with Crippen LogP contribution in [-0.2, 0) is 6.54 Å². The summed E-state index contributed by atoms with van der Waals surface area (Å²) in [4.78, 5) is 3.89. The van der Waals surface area contributed by atoms with Crippen LogP contribution in [0.25, 0.3) is 0 Å². The van der Waals surface area contributed by atoms with E-state index in [4.69, 9.17) is 12.2 Å². The van der Waals surface area contributed by atoms with E-state index in [2.05, 4.69) is 47.1 Å². The van der Waals surface area contributed by atoms with Gasteiger partial charge in [0.2, 0.25) is 0 Å². The third kappa shape index (κ3) is 4.33. The molecule has 3 nitrogen and oxygen atoms in total. The lowest BCUT2D eigenvalue weighted by Crippen LogP contribution is -3.13. The van der Waals surface area contributed by atoms with Gasteiger partial charge in [-0.1, -0.05) is 36.4 Å². The van der Waals surface area contributed by atoms with E-state index in [9.17, 15) is 0 Å². The van der Waals surface area contributed by atoms with Gasteiger partial charge in [-0.15, -0.1) is 6.58 Å². The van der Waals surface area contributed by atoms with Crippen molar-refractivity contribution in [2.24, 2.45) is 0 Å². The highest BCUT2D eigenvalue weighted by Gasteiger charge is 2.21. The lowest BCUT2D eigenvalue weighted by Gasteiger charge is -2.33. The van der Waals surface area contributed by atoms with Crippen molar-refractivity contribution in [3.05, 3.63) is 48.6 Å². The van der Waals surface area contributed by atoms with E-state index in [1.807, 2.05) is 6.08 Å². The van der Waals surface area contributed by atoms with Gasteiger partial charge in [0, 0.05) is 12.1 Å². The normalized spacial score (nSPS) is 16.1. The molecule has 102 valence electrons. The standard InChI is InChI=1S/C15H21N3S/c1-2-8-16-15(19)18-11-9-17(10-12-18)13-14-6-4-3-5-7-14/h2-7H,1,8-13H2,(H,16,19)/p+1. The maximum Gasteiger partial charge on any atom is 0.169 e. The largest absolute Gasteiger partial charge is 0.359 e. The van der Waals surface area contributed by atoms with E-state index in [1.54, 1.807) is 4.90 Å². The highest BCUT2D eigenvalue weighted by atomic mass is 32.1. The van der Waals surface area contributed by atoms with Crippen molar-refractivity contribution in [3.63, 3.8) is 0 Å². The smallest absolute Gasteiger partial charge is 0.169 e. The van der Waals surface area contributed by atoms with Crippen molar-refractivity contribution < 1.29 is 4.90 Å². The van der Waals surface area contributed by atoms with Crippen LogP contribution in [0.2, 0.25) is 0 Å². The quantitative estimate of drug-likeness (QED) is 0.615. The van der Waals surface area contributed by atoms with Crippen molar-refractivity contribution in [2.75, 3.05) is 32.7 Å². The van der Waals surface area contributed by atoms with E-state index in [0.717, 1.165) is 44.4 Å². The fourth-order valence-electron chi connectivity index (χ4n) is 2.36. The number of nitrogens with zero attached hydrogens (tertiary/aromatic N) is 1. The summed E-state index contributed by atoms with van der Waals surface area (Å²) in [6, 6.07) is 10.7. The molecule has 1 aromatic carbocycles. The second-order valence-corrected chi connectivity index (χ2v) is 5.26. The molecular formula is C15H22N3S+. The molecule has 1 heterocycles. The molecule has 0 aliphatic carbocycles. The van der Waals surface area contributed by atoms with Gasteiger partial charge < -0.3 is 15.1 Å². The summed E-state index contributed by atoms with van der Waals surface area (Å²) in [5, 5.41) is 4.06. The molecule has 1 aromatic rings. The predicted molar refractivity (Wildman–Crippen MR) is 83.2 cm³/mol. The van der Waals surface area contributed by atoms with Crippen molar-refractivity contribution in [1.29, 1.82) is 0 Å². The number of rotatable bonds is 4. The summed E-state index contributed by atoms with van der Waals surface area (Å²) in [6.07, 6.45) is 1.84. The molecule has 1 fully saturated rings. The van der Waals surface area contributed by atoms with Crippen LogP contribution >= 0.6 is 12.2 Å². The average molecular weight is 276 g/mol. The van der Waals surface area contributed by atoms with Crippen LogP contribution in [0.15, 0.2) is 43.0 Å². The zero-order chi connectivity index (χ0) is 13.5. The number of hydrogen-bond donors (Lipinski definition) is 2. The van der Waals surface area contributed by atoms with Gasteiger partial charge in [-0.3, -0.25) is 0 Å². The molecule has 0 bridgehead atoms. The Morgan fingerprint density at radius 3 is 2.63 bits per heavy atom. The van der Waals surface area contributed by atoms with Gasteiger partial charge in [-0.2, -0.15) is 0 Å². The van der Waals surface area contributed by atoms with Crippen LogP contribution < -0.4 is 10.2 Å². The van der Waals surface area contributed by atoms with Crippen molar-refractivity contribution in [3.8, 4) is 0 Å². The van der Waals surface area contributed by atoms with E-state index in [-0.39, 0.29) is 0 Å². The summed E-state index contributed by atoms with van der Waals surface area (Å²) < 4.78 is 0. The second-order valence-electron chi connectivity index (χ2n) is 4.87. The third-order valence-corrected chi connectivity index (χ3v) is 3.85. The molecule has 0 spiro atoms. The number of nitrogens with one attached hydrogen (secondary N) is 2. The Hall–Kier alpha value is -1.39. The SMILES string of the molecule is C=CCNC(=S)N1CC[NH+](Cc2ccccc2)CC1. The highest BCUT2D eigenvalue weighted by molar-refractivity contribution is 7.80. The van der Waals surface area contributed by atoms with Crippen LogP contribution in [0, 0.1) is 0 Å². The van der Waals surface area contributed by atoms with Crippen LogP contribution in [0.4, 0.5) is 0 Å². The molecule has 0 radical (unpaired) electrons. The Bertz CT molecular complexity index is 411. The van der Waals surface area contributed by atoms with Gasteiger partial charge in [0.15, 0.2) is 5.11 Å². The molecule has 0 amide bonds. The Morgan fingerprint density at radius 1 is 1.32 bits per heavy atom. The molecule has 2 N–H and O–H groups in total. The molecule has 1 saturated heterocycles. The molecular weight excluding hydrogens is 254 g/mol. The molecule has 0 unspecified atom stereocenters. The lowest BCUT2D eigenvalue weighted by atomic mass is 10.2. The number of piperazine rings is 1. The molecule has 4 heteroatoms. The summed E-state index contributed by atoms with van der Waals surface area (Å²) in [5.41, 5.74) is 1.42. The molecule has 2 rings (SSSR count). The van der Waals surface area contributed by atoms with Gasteiger partial charge in [0.25, 0.3) is 0 Å². The predicted octanol–water partition coefficient (Wildman–Crippen LogP) is 0.448. The Kier molecular flexibility index (Phi) is 5.36. The van der Waals surface area contributed by atoms with E-state index in [1.165, 1.54) is 5.56 Å². The van der Waals surface area contributed by atoms with E-state index < -0.39 is 0 Å². The first-order chi connectivity index (χ1) is 9.29. The third-order valence-electron chi connectivity index (χ3n) is 3.45. The number of quaternary nitrogens is 1. The topological polar surface area (TPSA) is 19.7 Å². The summed E-state index contributed by atoms with van der Waals surface area (Å²) >= 11 is 5.37. The fourth-order valence-corrected chi connectivity index (χ4v) is 2.62. The first-order valence-corrected chi connectivity index (χ1v) is 7.21. The summed E-state index contributed by atoms with van der Waals surface area (Å²) in [5.74, 6) is 0. The van der Waals surface area contributed by atoms with Crippen LogP contribution in [0.1, 0.15) is 5.56 Å². The molecule has 19 heavy (non-hydrogen) atoms. The highest BCUT2D eigenvalue weighted by Crippen LogP contribution is 1.97. The van der Waals surface area contributed by atoms with Gasteiger partial charge in [-0.05, 0) is 12.2 Å². The number of hydrogen-bond acceptors (Lipinski definition) is 1. The van der Waals surface area contributed by atoms with Crippen molar-refractivity contribution in [1.82, 2.24) is 10.2 Å². The van der Waals surface area contributed by atoms with Gasteiger partial charge in [0.1, 0.15) is 6.54 Å². The fraction of sp³-hybridized carbons (Fsp3) is 0.400. The maximum atomic E-state index is 5.37. The van der Waals surface area contributed by atoms with Gasteiger partial charge in [-0.25, -0.2) is 0 Å².